The molecule has 2 fully saturated rings. The molecule has 1 saturated heterocycles. The first-order valence-electron chi connectivity index (χ1n) is 4.77. The molecule has 3 atom stereocenters. The van der Waals surface area contributed by atoms with Crippen molar-refractivity contribution < 1.29 is 20.1 Å². The number of fused-ring (bicyclic) bond motifs is 1. The molecule has 4 heteroatoms. The molecule has 1 heterocycles. The second-order valence-electron chi connectivity index (χ2n) is 4.04. The Hall–Kier alpha value is -0.160. The Balaban J connectivity index is 2.12. The lowest BCUT2D eigenvalue weighted by molar-refractivity contribution is 0.0716. The van der Waals surface area contributed by atoms with Crippen molar-refractivity contribution in [2.75, 3.05) is 19.8 Å². The Labute approximate surface area is 77.1 Å². The summed E-state index contributed by atoms with van der Waals surface area (Å²) in [5.74, 6) is 0.0454. The number of ether oxygens (including phenoxy) is 1. The van der Waals surface area contributed by atoms with Gasteiger partial charge in [-0.05, 0) is 12.8 Å². The highest BCUT2D eigenvalue weighted by molar-refractivity contribution is 5.23. The highest BCUT2D eigenvalue weighted by Crippen LogP contribution is 2.63. The third-order valence-electron chi connectivity index (χ3n) is 3.63. The summed E-state index contributed by atoms with van der Waals surface area (Å²) < 4.78 is 5.55. The molecular formula is C9H16O4. The molecule has 0 aromatic carbocycles. The van der Waals surface area contributed by atoms with Crippen molar-refractivity contribution in [3.8, 4) is 0 Å². The average molecular weight is 188 g/mol. The quantitative estimate of drug-likeness (QED) is 0.509. The standard InChI is InChI=1S/C9H16O4/c10-4-3-8-2-1-7(5-11)9(8,6-12)13-8/h7,10-12H,1-6H2/t7-,8-,9-/m1/s1. The fourth-order valence-corrected chi connectivity index (χ4v) is 2.79. The third kappa shape index (κ3) is 1.00. The van der Waals surface area contributed by atoms with Gasteiger partial charge >= 0.3 is 0 Å². The molecule has 0 spiro atoms. The fourth-order valence-electron chi connectivity index (χ4n) is 2.79. The summed E-state index contributed by atoms with van der Waals surface area (Å²) in [5, 5.41) is 27.2. The normalized spacial score (nSPS) is 47.8. The smallest absolute Gasteiger partial charge is 0.126 e. The van der Waals surface area contributed by atoms with Gasteiger partial charge in [0.2, 0.25) is 0 Å². The molecule has 2 rings (SSSR count). The van der Waals surface area contributed by atoms with Crippen molar-refractivity contribution in [2.45, 2.75) is 30.5 Å². The van der Waals surface area contributed by atoms with Gasteiger partial charge in [0, 0.05) is 25.6 Å². The summed E-state index contributed by atoms with van der Waals surface area (Å²) in [4.78, 5) is 0. The molecule has 0 amide bonds. The van der Waals surface area contributed by atoms with E-state index in [1.807, 2.05) is 0 Å². The van der Waals surface area contributed by atoms with E-state index in [9.17, 15) is 5.11 Å². The first kappa shape index (κ1) is 9.40. The van der Waals surface area contributed by atoms with E-state index in [4.69, 9.17) is 14.9 Å². The molecule has 0 bridgehead atoms. The van der Waals surface area contributed by atoms with E-state index in [0.717, 1.165) is 12.8 Å². The van der Waals surface area contributed by atoms with Crippen molar-refractivity contribution in [1.82, 2.24) is 0 Å². The van der Waals surface area contributed by atoms with Crippen molar-refractivity contribution >= 4 is 0 Å². The summed E-state index contributed by atoms with van der Waals surface area (Å²) in [6.07, 6.45) is 2.31. The first-order valence-corrected chi connectivity index (χ1v) is 4.77. The van der Waals surface area contributed by atoms with E-state index in [2.05, 4.69) is 0 Å². The van der Waals surface area contributed by atoms with Gasteiger partial charge < -0.3 is 20.1 Å². The van der Waals surface area contributed by atoms with Crippen LogP contribution in [0.2, 0.25) is 0 Å². The number of aliphatic hydroxyl groups is 3. The van der Waals surface area contributed by atoms with Crippen LogP contribution < -0.4 is 0 Å². The monoisotopic (exact) mass is 188 g/mol. The maximum Gasteiger partial charge on any atom is 0.126 e. The molecule has 1 aliphatic heterocycles. The lowest BCUT2D eigenvalue weighted by atomic mass is 9.89. The lowest BCUT2D eigenvalue weighted by Gasteiger charge is -2.15. The van der Waals surface area contributed by atoms with Crippen LogP contribution in [-0.4, -0.2) is 46.3 Å². The zero-order chi connectivity index (χ0) is 9.53. The Bertz CT molecular complexity index is 208. The molecule has 0 aromatic rings. The van der Waals surface area contributed by atoms with E-state index in [0.29, 0.717) is 6.42 Å². The molecular weight excluding hydrogens is 172 g/mol. The van der Waals surface area contributed by atoms with Crippen LogP contribution in [0.5, 0.6) is 0 Å². The molecule has 4 nitrogen and oxygen atoms in total. The van der Waals surface area contributed by atoms with Crippen LogP contribution in [-0.2, 0) is 4.74 Å². The van der Waals surface area contributed by atoms with E-state index in [1.165, 1.54) is 0 Å². The molecule has 0 aromatic heterocycles. The molecule has 13 heavy (non-hydrogen) atoms. The predicted molar refractivity (Wildman–Crippen MR) is 45.1 cm³/mol. The second-order valence-corrected chi connectivity index (χ2v) is 4.04. The van der Waals surface area contributed by atoms with Crippen LogP contribution in [0.3, 0.4) is 0 Å². The Morgan fingerprint density at radius 3 is 2.62 bits per heavy atom. The molecule has 2 aliphatic rings. The minimum absolute atomic E-state index is 0.0434. The number of aliphatic hydroxyl groups excluding tert-OH is 3. The number of hydrogen-bond donors (Lipinski definition) is 3. The van der Waals surface area contributed by atoms with E-state index in [-0.39, 0.29) is 31.3 Å². The Morgan fingerprint density at radius 1 is 1.31 bits per heavy atom. The van der Waals surface area contributed by atoms with Gasteiger partial charge in [-0.3, -0.25) is 0 Å². The van der Waals surface area contributed by atoms with Gasteiger partial charge in [-0.15, -0.1) is 0 Å². The van der Waals surface area contributed by atoms with Crippen LogP contribution in [0.1, 0.15) is 19.3 Å². The Kier molecular flexibility index (Phi) is 2.11. The zero-order valence-corrected chi connectivity index (χ0v) is 7.57. The topological polar surface area (TPSA) is 73.2 Å². The van der Waals surface area contributed by atoms with Crippen molar-refractivity contribution in [3.63, 3.8) is 0 Å². The van der Waals surface area contributed by atoms with Crippen molar-refractivity contribution in [1.29, 1.82) is 0 Å². The van der Waals surface area contributed by atoms with Crippen LogP contribution in [0.15, 0.2) is 0 Å². The summed E-state index contributed by atoms with van der Waals surface area (Å²) >= 11 is 0. The maximum atomic E-state index is 9.24. The van der Waals surface area contributed by atoms with Gasteiger partial charge in [0.1, 0.15) is 11.2 Å². The van der Waals surface area contributed by atoms with Crippen LogP contribution in [0.25, 0.3) is 0 Å². The average Bonchev–Trinajstić information content (AvgIpc) is 2.69. The minimum atomic E-state index is -0.537. The lowest BCUT2D eigenvalue weighted by Crippen LogP contribution is -2.33. The van der Waals surface area contributed by atoms with Crippen molar-refractivity contribution in [3.05, 3.63) is 0 Å². The van der Waals surface area contributed by atoms with Gasteiger partial charge in [0.25, 0.3) is 0 Å². The molecule has 1 aliphatic carbocycles. The van der Waals surface area contributed by atoms with E-state index >= 15 is 0 Å². The maximum absolute atomic E-state index is 9.24. The Morgan fingerprint density at radius 2 is 2.08 bits per heavy atom. The summed E-state index contributed by atoms with van der Waals surface area (Å²) in [6.45, 7) is 0.103. The molecule has 0 unspecified atom stereocenters. The van der Waals surface area contributed by atoms with Gasteiger partial charge in [-0.25, -0.2) is 0 Å². The van der Waals surface area contributed by atoms with Gasteiger partial charge in [-0.1, -0.05) is 0 Å². The first-order chi connectivity index (χ1) is 6.24. The van der Waals surface area contributed by atoms with Crippen LogP contribution >= 0.6 is 0 Å². The highest BCUT2D eigenvalue weighted by Gasteiger charge is 2.75. The fraction of sp³-hybridized carbons (Fsp3) is 1.00. The van der Waals surface area contributed by atoms with Gasteiger partial charge in [0.05, 0.1) is 6.61 Å². The summed E-state index contributed by atoms with van der Waals surface area (Å²) in [5.41, 5.74) is -0.867. The van der Waals surface area contributed by atoms with E-state index in [1.54, 1.807) is 0 Å². The molecule has 1 saturated carbocycles. The second kappa shape index (κ2) is 2.92. The SMILES string of the molecule is OCC[C@]12CC[C@H](CO)[C@@]1(CO)O2. The largest absolute Gasteiger partial charge is 0.396 e. The molecule has 76 valence electrons. The van der Waals surface area contributed by atoms with Gasteiger partial charge in [0.15, 0.2) is 0 Å². The molecule has 0 radical (unpaired) electrons. The van der Waals surface area contributed by atoms with Crippen molar-refractivity contribution in [2.24, 2.45) is 5.92 Å². The van der Waals surface area contributed by atoms with Crippen LogP contribution in [0, 0.1) is 5.92 Å². The number of epoxide rings is 1. The summed E-state index contributed by atoms with van der Waals surface area (Å²) in [6, 6.07) is 0. The highest BCUT2D eigenvalue weighted by atomic mass is 16.6. The zero-order valence-electron chi connectivity index (χ0n) is 7.57. The van der Waals surface area contributed by atoms with Gasteiger partial charge in [-0.2, -0.15) is 0 Å². The summed E-state index contributed by atoms with van der Waals surface area (Å²) in [7, 11) is 0. The van der Waals surface area contributed by atoms with E-state index < -0.39 is 5.60 Å². The number of hydrogen-bond acceptors (Lipinski definition) is 4. The van der Waals surface area contributed by atoms with Crippen LogP contribution in [0.4, 0.5) is 0 Å². The minimum Gasteiger partial charge on any atom is -0.396 e. The predicted octanol–water partition coefficient (Wildman–Crippen LogP) is -0.729. The number of rotatable bonds is 4. The third-order valence-corrected chi connectivity index (χ3v) is 3.63. The molecule has 3 N–H and O–H groups in total.